The minimum absolute atomic E-state index is 0.161. The summed E-state index contributed by atoms with van der Waals surface area (Å²) >= 11 is 0. The second-order valence-corrected chi connectivity index (χ2v) is 10.7. The molecule has 0 aliphatic heterocycles. The molecule has 222 valence electrons. The van der Waals surface area contributed by atoms with Gasteiger partial charge in [0.2, 0.25) is 5.91 Å². The maximum Gasteiger partial charge on any atom is 0.339 e. The molecule has 0 saturated heterocycles. The number of hydrogen-bond acceptors (Lipinski definition) is 7. The van der Waals surface area contributed by atoms with E-state index in [1.54, 1.807) is 66.6 Å². The summed E-state index contributed by atoms with van der Waals surface area (Å²) in [6.45, 7) is 4.52. The lowest BCUT2D eigenvalue weighted by atomic mass is 10.2. The van der Waals surface area contributed by atoms with E-state index >= 15 is 0 Å². The molecular weight excluding hydrogens is 554 g/mol. The number of carbonyl (C=O) groups is 1. The molecule has 3 aromatic carbocycles. The molecule has 0 unspecified atom stereocenters. The van der Waals surface area contributed by atoms with Gasteiger partial charge in [-0.25, -0.2) is 19.3 Å². The summed E-state index contributed by atoms with van der Waals surface area (Å²) in [6, 6.07) is 22.5. The van der Waals surface area contributed by atoms with Gasteiger partial charge in [-0.05, 0) is 80.1 Å². The van der Waals surface area contributed by atoms with Gasteiger partial charge < -0.3 is 15.4 Å². The van der Waals surface area contributed by atoms with Crippen LogP contribution in [0.1, 0.15) is 18.4 Å². The Balaban J connectivity index is 1.32. The number of nitrogens with zero attached hydrogens (tertiary/aromatic N) is 6. The lowest BCUT2D eigenvalue weighted by Gasteiger charge is -2.17. The number of anilines is 2. The molecule has 10 heteroatoms. The minimum Gasteiger partial charge on any atom is -0.457 e. The van der Waals surface area contributed by atoms with Crippen molar-refractivity contribution in [2.45, 2.75) is 18.9 Å². The van der Waals surface area contributed by atoms with Gasteiger partial charge in [0.1, 0.15) is 23.3 Å². The quantitative estimate of drug-likeness (QED) is 0.224. The third-order valence-corrected chi connectivity index (χ3v) is 7.70. The van der Waals surface area contributed by atoms with Crippen molar-refractivity contribution in [3.05, 3.63) is 114 Å². The van der Waals surface area contributed by atoms with E-state index in [0.29, 0.717) is 45.8 Å². The molecule has 5 aromatic rings. The summed E-state index contributed by atoms with van der Waals surface area (Å²) in [7, 11) is 3.77. The maximum absolute atomic E-state index is 14.0. The maximum atomic E-state index is 14.0. The standard InChI is InChI=1S/C34H33N7O3/c1-4-23-8-5-11-29(20-23)44-28-17-15-25(16-18-28)40-31-32(35)36-22-37-33(31)41(34(40)43)27-10-6-9-26(21-27)39(3)30(42)12-7-19-38(2)24-13-14-24/h4-12,15-18,20-22,24H,1,13-14,19H2,2-3H3,(H2,35,36,37). The van der Waals surface area contributed by atoms with E-state index < -0.39 is 0 Å². The van der Waals surface area contributed by atoms with Crippen LogP contribution in [0.4, 0.5) is 11.5 Å². The van der Waals surface area contributed by atoms with Crippen molar-refractivity contribution in [3.8, 4) is 22.9 Å². The molecule has 44 heavy (non-hydrogen) atoms. The van der Waals surface area contributed by atoms with Crippen molar-refractivity contribution in [1.82, 2.24) is 24.0 Å². The van der Waals surface area contributed by atoms with Crippen molar-refractivity contribution in [1.29, 1.82) is 0 Å². The van der Waals surface area contributed by atoms with Crippen LogP contribution in [-0.2, 0) is 4.79 Å². The SMILES string of the molecule is C=Cc1cccc(Oc2ccc(-n3c(=O)n(-c4cccc(N(C)C(=O)C=CCN(C)C5CC5)c4)c4ncnc(N)c43)cc2)c1. The molecule has 2 N–H and O–H groups in total. The average Bonchev–Trinajstić information content (AvgIpc) is 3.85. The van der Waals surface area contributed by atoms with Crippen molar-refractivity contribution in [3.63, 3.8) is 0 Å². The van der Waals surface area contributed by atoms with Crippen molar-refractivity contribution >= 4 is 34.7 Å². The zero-order chi connectivity index (χ0) is 30.8. The molecule has 1 saturated carbocycles. The molecule has 1 aliphatic rings. The number of benzene rings is 3. The Morgan fingerprint density at radius 3 is 2.52 bits per heavy atom. The highest BCUT2D eigenvalue weighted by Crippen LogP contribution is 2.28. The van der Waals surface area contributed by atoms with Crippen LogP contribution in [0, 0.1) is 0 Å². The normalized spacial score (nSPS) is 13.1. The molecule has 2 aromatic heterocycles. The first-order valence-corrected chi connectivity index (χ1v) is 14.3. The number of carbonyl (C=O) groups excluding carboxylic acids is 1. The van der Waals surface area contributed by atoms with Gasteiger partial charge in [-0.2, -0.15) is 0 Å². The van der Waals surface area contributed by atoms with Gasteiger partial charge in [0.15, 0.2) is 11.5 Å². The van der Waals surface area contributed by atoms with E-state index in [2.05, 4.69) is 28.5 Å². The largest absolute Gasteiger partial charge is 0.457 e. The molecule has 6 rings (SSSR count). The third-order valence-electron chi connectivity index (χ3n) is 7.70. The number of likely N-dealkylation sites (N-methyl/N-ethyl adjacent to an activating group) is 2. The van der Waals surface area contributed by atoms with Crippen LogP contribution < -0.4 is 21.1 Å². The highest BCUT2D eigenvalue weighted by Gasteiger charge is 2.25. The lowest BCUT2D eigenvalue weighted by Crippen LogP contribution is -2.26. The van der Waals surface area contributed by atoms with Gasteiger partial charge in [-0.1, -0.05) is 36.9 Å². The van der Waals surface area contributed by atoms with Crippen LogP contribution in [0.3, 0.4) is 0 Å². The Morgan fingerprint density at radius 2 is 1.77 bits per heavy atom. The van der Waals surface area contributed by atoms with Gasteiger partial charge in [-0.3, -0.25) is 14.3 Å². The summed E-state index contributed by atoms with van der Waals surface area (Å²) in [5.74, 6) is 1.28. The second-order valence-electron chi connectivity index (χ2n) is 10.7. The first-order valence-electron chi connectivity index (χ1n) is 14.3. The smallest absolute Gasteiger partial charge is 0.339 e. The molecule has 1 fully saturated rings. The van der Waals surface area contributed by atoms with Crippen LogP contribution in [0.5, 0.6) is 11.5 Å². The van der Waals surface area contributed by atoms with Crippen LogP contribution >= 0.6 is 0 Å². The van der Waals surface area contributed by atoms with Gasteiger partial charge in [0, 0.05) is 31.4 Å². The summed E-state index contributed by atoms with van der Waals surface area (Å²) in [6.07, 6.45) is 8.97. The zero-order valence-electron chi connectivity index (χ0n) is 24.6. The van der Waals surface area contributed by atoms with Gasteiger partial charge >= 0.3 is 5.69 Å². The summed E-state index contributed by atoms with van der Waals surface area (Å²) in [5, 5.41) is 0. The van der Waals surface area contributed by atoms with Crippen LogP contribution in [0.25, 0.3) is 28.6 Å². The molecule has 0 bridgehead atoms. The van der Waals surface area contributed by atoms with E-state index in [4.69, 9.17) is 10.5 Å². The van der Waals surface area contributed by atoms with E-state index in [1.165, 1.54) is 28.3 Å². The predicted octanol–water partition coefficient (Wildman–Crippen LogP) is 5.20. The fourth-order valence-corrected chi connectivity index (χ4v) is 5.09. The van der Waals surface area contributed by atoms with E-state index in [-0.39, 0.29) is 17.4 Å². The molecule has 1 amide bonds. The zero-order valence-corrected chi connectivity index (χ0v) is 24.6. The van der Waals surface area contributed by atoms with E-state index in [9.17, 15) is 9.59 Å². The molecule has 0 spiro atoms. The van der Waals surface area contributed by atoms with Crippen LogP contribution in [0.2, 0.25) is 0 Å². The summed E-state index contributed by atoms with van der Waals surface area (Å²) < 4.78 is 8.96. The van der Waals surface area contributed by atoms with Gasteiger partial charge in [0.25, 0.3) is 0 Å². The summed E-state index contributed by atoms with van der Waals surface area (Å²) in [5.41, 5.74) is 9.32. The molecule has 10 nitrogen and oxygen atoms in total. The first-order chi connectivity index (χ1) is 21.3. The molecule has 2 heterocycles. The van der Waals surface area contributed by atoms with Crippen LogP contribution in [-0.4, -0.2) is 56.6 Å². The van der Waals surface area contributed by atoms with Crippen molar-refractivity contribution in [2.75, 3.05) is 31.3 Å². The van der Waals surface area contributed by atoms with Gasteiger partial charge in [0.05, 0.1) is 11.4 Å². The number of hydrogen-bond donors (Lipinski definition) is 1. The third kappa shape index (κ3) is 5.75. The first kappa shape index (κ1) is 28.6. The summed E-state index contributed by atoms with van der Waals surface area (Å²) in [4.78, 5) is 39.3. The Morgan fingerprint density at radius 1 is 1.00 bits per heavy atom. The Hall–Kier alpha value is -5.48. The Bertz CT molecular complexity index is 1940. The number of rotatable bonds is 10. The van der Waals surface area contributed by atoms with Crippen molar-refractivity contribution in [2.24, 2.45) is 0 Å². The van der Waals surface area contributed by atoms with Crippen LogP contribution in [0.15, 0.2) is 103 Å². The van der Waals surface area contributed by atoms with Crippen molar-refractivity contribution < 1.29 is 9.53 Å². The molecule has 1 aliphatic carbocycles. The highest BCUT2D eigenvalue weighted by atomic mass is 16.5. The topological polar surface area (TPSA) is 112 Å². The fraction of sp³-hybridized carbons (Fsp3) is 0.176. The van der Waals surface area contributed by atoms with E-state index in [1.807, 2.05) is 36.4 Å². The number of fused-ring (bicyclic) bond motifs is 1. The van der Waals surface area contributed by atoms with Gasteiger partial charge in [-0.15, -0.1) is 0 Å². The lowest BCUT2D eigenvalue weighted by molar-refractivity contribution is -0.113. The fourth-order valence-electron chi connectivity index (χ4n) is 5.09. The Labute approximate surface area is 254 Å². The van der Waals surface area contributed by atoms with E-state index in [0.717, 1.165) is 12.1 Å². The highest BCUT2D eigenvalue weighted by molar-refractivity contribution is 6.01. The number of amides is 1. The monoisotopic (exact) mass is 587 g/mol. The number of ether oxygens (including phenoxy) is 1. The number of aromatic nitrogens is 4. The predicted molar refractivity (Wildman–Crippen MR) is 174 cm³/mol. The second kappa shape index (κ2) is 12.0. The molecular formula is C34H33N7O3. The molecule has 0 atom stereocenters. The average molecular weight is 588 g/mol. The minimum atomic E-state index is -0.381. The number of imidazole rings is 1. The number of nitrogens with two attached hydrogens (primary N) is 1. The Kier molecular flexibility index (Phi) is 7.82. The molecule has 0 radical (unpaired) electrons. The number of nitrogen functional groups attached to an aromatic ring is 1.